The summed E-state index contributed by atoms with van der Waals surface area (Å²) in [6.07, 6.45) is 4.34. The van der Waals surface area contributed by atoms with Gasteiger partial charge in [-0.2, -0.15) is 0 Å². The van der Waals surface area contributed by atoms with Crippen molar-refractivity contribution in [2.75, 3.05) is 25.0 Å². The lowest BCUT2D eigenvalue weighted by Gasteiger charge is -2.41. The fourth-order valence-corrected chi connectivity index (χ4v) is 5.04. The molecule has 2 aliphatic rings. The standard InChI is InChI=1S/C26H33FN4O2/c1-17-7-6-10-23(28-17)25(32)29-24-14-22(27)13-21(19(24)3)16-30-11-12-31(18(2)15-30)26(33)20-8-4-5-9-20/h6-7,10,13-14,18,20H,4-5,8-9,11-12,15-16H2,1-3H3,(H,29,32)/t18-/m0/s1. The first-order valence-electron chi connectivity index (χ1n) is 11.9. The highest BCUT2D eigenvalue weighted by atomic mass is 19.1. The molecule has 0 unspecified atom stereocenters. The molecule has 0 bridgehead atoms. The highest BCUT2D eigenvalue weighted by Gasteiger charge is 2.33. The smallest absolute Gasteiger partial charge is 0.274 e. The summed E-state index contributed by atoms with van der Waals surface area (Å²) >= 11 is 0. The summed E-state index contributed by atoms with van der Waals surface area (Å²) in [5.74, 6) is -0.243. The van der Waals surface area contributed by atoms with E-state index in [4.69, 9.17) is 0 Å². The molecule has 33 heavy (non-hydrogen) atoms. The van der Waals surface area contributed by atoms with Gasteiger partial charge in [0, 0.05) is 49.5 Å². The predicted octanol–water partition coefficient (Wildman–Crippen LogP) is 4.31. The summed E-state index contributed by atoms with van der Waals surface area (Å²) < 4.78 is 14.5. The summed E-state index contributed by atoms with van der Waals surface area (Å²) in [4.78, 5) is 34.1. The van der Waals surface area contributed by atoms with Crippen LogP contribution < -0.4 is 5.32 Å². The maximum absolute atomic E-state index is 14.5. The third kappa shape index (κ3) is 5.41. The van der Waals surface area contributed by atoms with E-state index in [0.29, 0.717) is 30.4 Å². The fraction of sp³-hybridized carbons (Fsp3) is 0.500. The van der Waals surface area contributed by atoms with Gasteiger partial charge in [0.15, 0.2) is 0 Å². The number of benzene rings is 1. The summed E-state index contributed by atoms with van der Waals surface area (Å²) in [5.41, 5.74) is 3.19. The van der Waals surface area contributed by atoms with Crippen LogP contribution in [0.2, 0.25) is 0 Å². The minimum absolute atomic E-state index is 0.132. The number of rotatable bonds is 5. The highest BCUT2D eigenvalue weighted by molar-refractivity contribution is 6.03. The molecule has 2 aromatic rings. The number of hydrogen-bond donors (Lipinski definition) is 1. The molecule has 2 amide bonds. The second kappa shape index (κ2) is 10.00. The normalized spacial score (nSPS) is 19.6. The molecule has 1 aromatic heterocycles. The molecule has 6 nitrogen and oxygen atoms in total. The van der Waals surface area contributed by atoms with E-state index in [1.807, 2.05) is 24.8 Å². The molecule has 1 aliphatic carbocycles. The number of carbonyl (C=O) groups is 2. The molecule has 176 valence electrons. The van der Waals surface area contributed by atoms with E-state index in [1.165, 1.54) is 12.1 Å². The first-order valence-corrected chi connectivity index (χ1v) is 11.9. The Morgan fingerprint density at radius 1 is 1.15 bits per heavy atom. The van der Waals surface area contributed by atoms with Crippen LogP contribution in [0.5, 0.6) is 0 Å². The first-order chi connectivity index (χ1) is 15.8. The molecule has 1 aliphatic heterocycles. The highest BCUT2D eigenvalue weighted by Crippen LogP contribution is 2.29. The van der Waals surface area contributed by atoms with Crippen LogP contribution in [0, 0.1) is 25.6 Å². The average Bonchev–Trinajstić information content (AvgIpc) is 3.31. The monoisotopic (exact) mass is 452 g/mol. The van der Waals surface area contributed by atoms with Crippen molar-refractivity contribution in [1.29, 1.82) is 0 Å². The van der Waals surface area contributed by atoms with E-state index in [1.54, 1.807) is 12.1 Å². The van der Waals surface area contributed by atoms with Crippen LogP contribution in [0.3, 0.4) is 0 Å². The van der Waals surface area contributed by atoms with E-state index < -0.39 is 0 Å². The zero-order valence-electron chi connectivity index (χ0n) is 19.7. The van der Waals surface area contributed by atoms with E-state index in [2.05, 4.69) is 22.1 Å². The maximum atomic E-state index is 14.5. The van der Waals surface area contributed by atoms with Crippen molar-refractivity contribution in [2.45, 2.75) is 59.0 Å². The van der Waals surface area contributed by atoms with Gasteiger partial charge in [0.1, 0.15) is 11.5 Å². The molecule has 1 saturated heterocycles. The third-order valence-electron chi connectivity index (χ3n) is 6.94. The minimum Gasteiger partial charge on any atom is -0.337 e. The molecule has 0 spiro atoms. The van der Waals surface area contributed by atoms with Gasteiger partial charge >= 0.3 is 0 Å². The topological polar surface area (TPSA) is 65.5 Å². The van der Waals surface area contributed by atoms with Crippen molar-refractivity contribution < 1.29 is 14.0 Å². The lowest BCUT2D eigenvalue weighted by Crippen LogP contribution is -2.54. The van der Waals surface area contributed by atoms with Crippen LogP contribution in [0.1, 0.15) is 59.9 Å². The van der Waals surface area contributed by atoms with Crippen molar-refractivity contribution in [3.8, 4) is 0 Å². The zero-order chi connectivity index (χ0) is 23.5. The molecule has 1 atom stereocenters. The van der Waals surface area contributed by atoms with Crippen LogP contribution >= 0.6 is 0 Å². The Bertz CT molecular complexity index is 1030. The first kappa shape index (κ1) is 23.4. The Balaban J connectivity index is 1.43. The van der Waals surface area contributed by atoms with Gasteiger partial charge in [-0.3, -0.25) is 14.5 Å². The maximum Gasteiger partial charge on any atom is 0.274 e. The van der Waals surface area contributed by atoms with Crippen LogP contribution in [-0.4, -0.2) is 52.3 Å². The molecule has 2 heterocycles. The van der Waals surface area contributed by atoms with Crippen molar-refractivity contribution >= 4 is 17.5 Å². The molecular formula is C26H33FN4O2. The number of anilines is 1. The third-order valence-corrected chi connectivity index (χ3v) is 6.94. The van der Waals surface area contributed by atoms with Crippen LogP contribution in [-0.2, 0) is 11.3 Å². The Hall–Kier alpha value is -2.80. The summed E-state index contributed by atoms with van der Waals surface area (Å²) in [6.45, 7) is 8.61. The van der Waals surface area contributed by atoms with Crippen LogP contribution in [0.15, 0.2) is 30.3 Å². The second-order valence-corrected chi connectivity index (χ2v) is 9.45. The number of hydrogen-bond acceptors (Lipinski definition) is 4. The van der Waals surface area contributed by atoms with Gasteiger partial charge in [-0.25, -0.2) is 9.37 Å². The molecule has 0 radical (unpaired) electrons. The molecule has 2 fully saturated rings. The molecule has 4 rings (SSSR count). The van der Waals surface area contributed by atoms with Crippen molar-refractivity contribution in [1.82, 2.24) is 14.8 Å². The van der Waals surface area contributed by atoms with Gasteiger partial charge in [-0.15, -0.1) is 0 Å². The van der Waals surface area contributed by atoms with E-state index in [9.17, 15) is 14.0 Å². The summed E-state index contributed by atoms with van der Waals surface area (Å²) in [7, 11) is 0. The SMILES string of the molecule is Cc1cccc(C(=O)Nc2cc(F)cc(CN3CCN(C(=O)C4CCCC4)[C@@H](C)C3)c2C)n1. The largest absolute Gasteiger partial charge is 0.337 e. The molecule has 1 aromatic carbocycles. The Morgan fingerprint density at radius 2 is 1.91 bits per heavy atom. The van der Waals surface area contributed by atoms with Crippen molar-refractivity contribution in [3.05, 3.63) is 58.7 Å². The Labute approximate surface area is 195 Å². The molecular weight excluding hydrogens is 419 g/mol. The lowest BCUT2D eigenvalue weighted by atomic mass is 10.0. The summed E-state index contributed by atoms with van der Waals surface area (Å²) in [6, 6.07) is 8.27. The lowest BCUT2D eigenvalue weighted by molar-refractivity contribution is -0.140. The Morgan fingerprint density at radius 3 is 2.61 bits per heavy atom. The van der Waals surface area contributed by atoms with Gasteiger partial charge in [0.25, 0.3) is 5.91 Å². The molecule has 1 saturated carbocycles. The average molecular weight is 453 g/mol. The fourth-order valence-electron chi connectivity index (χ4n) is 5.04. The molecule has 1 N–H and O–H groups in total. The predicted molar refractivity (Wildman–Crippen MR) is 126 cm³/mol. The van der Waals surface area contributed by atoms with Gasteiger partial charge in [0.05, 0.1) is 0 Å². The second-order valence-electron chi connectivity index (χ2n) is 9.45. The van der Waals surface area contributed by atoms with Gasteiger partial charge in [0.2, 0.25) is 5.91 Å². The number of nitrogens with one attached hydrogen (secondary N) is 1. The van der Waals surface area contributed by atoms with E-state index in [-0.39, 0.29) is 23.7 Å². The number of nitrogens with zero attached hydrogens (tertiary/aromatic N) is 3. The van der Waals surface area contributed by atoms with E-state index in [0.717, 1.165) is 55.6 Å². The Kier molecular flexibility index (Phi) is 7.08. The number of carbonyl (C=O) groups excluding carboxylic acids is 2. The number of halogens is 1. The van der Waals surface area contributed by atoms with Gasteiger partial charge < -0.3 is 10.2 Å². The van der Waals surface area contributed by atoms with Crippen LogP contribution in [0.25, 0.3) is 0 Å². The quantitative estimate of drug-likeness (QED) is 0.734. The summed E-state index contributed by atoms with van der Waals surface area (Å²) in [5, 5.41) is 2.82. The number of pyridine rings is 1. The van der Waals surface area contributed by atoms with Gasteiger partial charge in [-0.05, 0) is 69.0 Å². The van der Waals surface area contributed by atoms with Crippen molar-refractivity contribution in [2.24, 2.45) is 5.92 Å². The number of piperazine rings is 1. The van der Waals surface area contributed by atoms with E-state index >= 15 is 0 Å². The number of aryl methyl sites for hydroxylation is 1. The zero-order valence-corrected chi connectivity index (χ0v) is 19.7. The number of amides is 2. The van der Waals surface area contributed by atoms with Gasteiger partial charge in [-0.1, -0.05) is 18.9 Å². The van der Waals surface area contributed by atoms with Crippen LogP contribution in [0.4, 0.5) is 10.1 Å². The van der Waals surface area contributed by atoms with Crippen molar-refractivity contribution in [3.63, 3.8) is 0 Å². The molecule has 7 heteroatoms. The number of aromatic nitrogens is 1. The minimum atomic E-state index is -0.383.